The first kappa shape index (κ1) is 33.8. The molecule has 0 aliphatic carbocycles. The van der Waals surface area contributed by atoms with Crippen molar-refractivity contribution in [2.75, 3.05) is 35.9 Å². The van der Waals surface area contributed by atoms with Crippen LogP contribution < -0.4 is 24.4 Å². The van der Waals surface area contributed by atoms with Gasteiger partial charge in [0.05, 0.1) is 32.0 Å². The van der Waals surface area contributed by atoms with E-state index in [1.54, 1.807) is 20.8 Å². The number of amides is 2. The van der Waals surface area contributed by atoms with Gasteiger partial charge in [-0.3, -0.25) is 19.1 Å². The lowest BCUT2D eigenvalue weighted by Gasteiger charge is -2.35. The van der Waals surface area contributed by atoms with Crippen LogP contribution in [0.15, 0.2) is 29.3 Å². The van der Waals surface area contributed by atoms with E-state index in [0.717, 1.165) is 4.31 Å². The second kappa shape index (κ2) is 12.5. The minimum Gasteiger partial charge on any atom is -0.484 e. The first-order valence-electron chi connectivity index (χ1n) is 13.3. The molecular formula is C26H36F3N5O8S. The number of hydrogen-bond donors (Lipinski definition) is 3. The van der Waals surface area contributed by atoms with Gasteiger partial charge in [0.2, 0.25) is 11.5 Å². The third-order valence-corrected chi connectivity index (χ3v) is 8.12. The molecule has 0 unspecified atom stereocenters. The Bertz CT molecular complexity index is 1440. The maximum Gasteiger partial charge on any atom is 0.427 e. The summed E-state index contributed by atoms with van der Waals surface area (Å²) in [6.45, 7) is 7.55. The molecule has 1 atom stereocenters. The Balaban J connectivity index is 2.03. The zero-order valence-corrected chi connectivity index (χ0v) is 25.4. The van der Waals surface area contributed by atoms with Crippen molar-refractivity contribution in [1.82, 2.24) is 15.1 Å². The molecule has 1 aliphatic heterocycles. The molecule has 3 N–H and O–H groups in total. The summed E-state index contributed by atoms with van der Waals surface area (Å²) in [5, 5.41) is 18.6. The number of aryl methyl sites for hydroxylation is 1. The van der Waals surface area contributed by atoms with Crippen molar-refractivity contribution in [1.29, 1.82) is 0 Å². The van der Waals surface area contributed by atoms with Crippen LogP contribution >= 0.6 is 0 Å². The van der Waals surface area contributed by atoms with E-state index in [0.29, 0.717) is 20.4 Å². The maximum atomic E-state index is 14.2. The van der Waals surface area contributed by atoms with E-state index in [1.165, 1.54) is 36.0 Å². The lowest BCUT2D eigenvalue weighted by Crippen LogP contribution is -2.48. The van der Waals surface area contributed by atoms with Gasteiger partial charge in [-0.15, -0.1) is 5.10 Å². The number of alkyl halides is 3. The molecule has 0 saturated carbocycles. The normalized spacial score (nSPS) is 15.8. The maximum absolute atomic E-state index is 14.2. The summed E-state index contributed by atoms with van der Waals surface area (Å²) in [6, 6.07) is 3.84. The number of nitrogens with one attached hydrogen (secondary N) is 2. The number of fused-ring (bicyclic) bond motifs is 1. The smallest absolute Gasteiger partial charge is 0.427 e. The number of rotatable bonds is 11. The number of halogens is 3. The fourth-order valence-corrected chi connectivity index (χ4v) is 5.24. The standard InChI is InChI=1S/C26H36F3N5O8S/c1-7-33-13-21(22(32-33)40-15-24(3,4)14-35)43(38,39)34-12-18(11-30-16(2)36)41-20-9-8-17(10-19(20)34)31-23(37)42-25(5,6)26(27,28)29/h8-10,13,18,35H,7,11-12,14-15H2,1-6H3,(H,30,36)(H,31,37)/t18-/m0/s1. The van der Waals surface area contributed by atoms with Crippen molar-refractivity contribution >= 4 is 33.4 Å². The van der Waals surface area contributed by atoms with Crippen LogP contribution in [0.3, 0.4) is 0 Å². The second-order valence-corrected chi connectivity index (χ2v) is 13.0. The molecule has 2 aromatic rings. The highest BCUT2D eigenvalue weighted by Crippen LogP contribution is 2.41. The summed E-state index contributed by atoms with van der Waals surface area (Å²) in [5.41, 5.74) is -3.61. The van der Waals surface area contributed by atoms with Gasteiger partial charge in [0, 0.05) is 30.8 Å². The third-order valence-electron chi connectivity index (χ3n) is 6.36. The summed E-state index contributed by atoms with van der Waals surface area (Å²) in [6.07, 6.45) is -5.80. The highest BCUT2D eigenvalue weighted by Gasteiger charge is 2.51. The van der Waals surface area contributed by atoms with Crippen molar-refractivity contribution in [2.45, 2.75) is 70.9 Å². The Labute approximate surface area is 247 Å². The number of carbonyl (C=O) groups is 2. The summed E-state index contributed by atoms with van der Waals surface area (Å²) in [7, 11) is -4.46. The fraction of sp³-hybridized carbons (Fsp3) is 0.577. The van der Waals surface area contributed by atoms with Crippen molar-refractivity contribution < 1.29 is 50.5 Å². The minimum absolute atomic E-state index is 0.0398. The molecule has 2 amide bonds. The number of aromatic nitrogens is 2. The topological polar surface area (TPSA) is 161 Å². The Morgan fingerprint density at radius 3 is 2.47 bits per heavy atom. The summed E-state index contributed by atoms with van der Waals surface area (Å²) in [4.78, 5) is 23.6. The van der Waals surface area contributed by atoms with Crippen molar-refractivity contribution in [3.8, 4) is 11.6 Å². The van der Waals surface area contributed by atoms with Gasteiger partial charge in [0.25, 0.3) is 15.9 Å². The van der Waals surface area contributed by atoms with Crippen LogP contribution in [-0.2, 0) is 26.1 Å². The van der Waals surface area contributed by atoms with Crippen molar-refractivity contribution in [3.05, 3.63) is 24.4 Å². The molecule has 0 radical (unpaired) electrons. The minimum atomic E-state index is -4.84. The number of anilines is 2. The molecule has 13 nitrogen and oxygen atoms in total. The predicted octanol–water partition coefficient (Wildman–Crippen LogP) is 3.28. The number of aliphatic hydroxyl groups is 1. The number of aliphatic hydroxyl groups excluding tert-OH is 1. The SMILES string of the molecule is CCn1cc(S(=O)(=O)N2C[C@H](CNC(C)=O)Oc3ccc(NC(=O)OC(C)(C)C(F)(F)F)cc32)c(OCC(C)(C)CO)n1. The van der Waals surface area contributed by atoms with Gasteiger partial charge >= 0.3 is 12.3 Å². The van der Waals surface area contributed by atoms with E-state index in [1.807, 2.05) is 0 Å². The van der Waals surface area contributed by atoms with Gasteiger partial charge in [-0.1, -0.05) is 13.8 Å². The molecule has 1 aromatic heterocycles. The van der Waals surface area contributed by atoms with Crippen LogP contribution in [0, 0.1) is 5.41 Å². The quantitative estimate of drug-likeness (QED) is 0.337. The molecule has 0 bridgehead atoms. The molecule has 1 aromatic carbocycles. The number of nitrogens with zero attached hydrogens (tertiary/aromatic N) is 3. The number of carbonyl (C=O) groups excluding carboxylic acids is 2. The number of ether oxygens (including phenoxy) is 3. The number of hydrogen-bond acceptors (Lipinski definition) is 9. The fourth-order valence-electron chi connectivity index (χ4n) is 3.67. The average Bonchev–Trinajstić information content (AvgIpc) is 3.34. The van der Waals surface area contributed by atoms with Crippen molar-refractivity contribution in [2.24, 2.45) is 5.41 Å². The lowest BCUT2D eigenvalue weighted by atomic mass is 9.97. The first-order chi connectivity index (χ1) is 19.8. The van der Waals surface area contributed by atoms with E-state index in [9.17, 15) is 36.3 Å². The van der Waals surface area contributed by atoms with E-state index in [-0.39, 0.29) is 60.1 Å². The monoisotopic (exact) mass is 635 g/mol. The molecule has 43 heavy (non-hydrogen) atoms. The lowest BCUT2D eigenvalue weighted by molar-refractivity contribution is -0.242. The Morgan fingerprint density at radius 2 is 1.88 bits per heavy atom. The molecule has 1 aliphatic rings. The predicted molar refractivity (Wildman–Crippen MR) is 149 cm³/mol. The van der Waals surface area contributed by atoms with E-state index >= 15 is 0 Å². The Morgan fingerprint density at radius 1 is 1.21 bits per heavy atom. The molecular weight excluding hydrogens is 599 g/mol. The average molecular weight is 636 g/mol. The van der Waals surface area contributed by atoms with Crippen LogP contribution in [0.4, 0.5) is 29.3 Å². The van der Waals surface area contributed by atoms with Gasteiger partial charge in [-0.25, -0.2) is 13.2 Å². The third kappa shape index (κ3) is 8.01. The molecule has 3 rings (SSSR count). The van der Waals surface area contributed by atoms with Crippen LogP contribution in [0.2, 0.25) is 0 Å². The molecule has 2 heterocycles. The second-order valence-electron chi connectivity index (χ2n) is 11.2. The summed E-state index contributed by atoms with van der Waals surface area (Å²) < 4.78 is 86.5. The highest BCUT2D eigenvalue weighted by atomic mass is 32.2. The molecule has 0 spiro atoms. The van der Waals surface area contributed by atoms with Gasteiger partial charge in [0.15, 0.2) is 4.90 Å². The van der Waals surface area contributed by atoms with E-state index < -0.39 is 39.4 Å². The Kier molecular flexibility index (Phi) is 9.80. The van der Waals surface area contributed by atoms with Crippen LogP contribution in [0.5, 0.6) is 11.6 Å². The van der Waals surface area contributed by atoms with Crippen LogP contribution in [0.25, 0.3) is 0 Å². The van der Waals surface area contributed by atoms with Crippen LogP contribution in [-0.4, -0.2) is 79.5 Å². The molecule has 0 saturated heterocycles. The zero-order valence-electron chi connectivity index (χ0n) is 24.6. The van der Waals surface area contributed by atoms with E-state index in [2.05, 4.69) is 20.5 Å². The first-order valence-corrected chi connectivity index (χ1v) is 14.7. The van der Waals surface area contributed by atoms with Gasteiger partial charge in [-0.2, -0.15) is 13.2 Å². The van der Waals surface area contributed by atoms with E-state index in [4.69, 9.17) is 9.47 Å². The van der Waals surface area contributed by atoms with Gasteiger partial charge < -0.3 is 24.6 Å². The van der Waals surface area contributed by atoms with Crippen LogP contribution in [0.1, 0.15) is 41.5 Å². The number of benzene rings is 1. The van der Waals surface area contributed by atoms with Crippen molar-refractivity contribution in [3.63, 3.8) is 0 Å². The summed E-state index contributed by atoms with van der Waals surface area (Å²) >= 11 is 0. The zero-order chi connectivity index (χ0) is 32.4. The van der Waals surface area contributed by atoms with Gasteiger partial charge in [0.1, 0.15) is 11.9 Å². The Hall–Kier alpha value is -3.73. The van der Waals surface area contributed by atoms with Gasteiger partial charge in [-0.05, 0) is 39.0 Å². The highest BCUT2D eigenvalue weighted by molar-refractivity contribution is 7.93. The largest absolute Gasteiger partial charge is 0.484 e. The summed E-state index contributed by atoms with van der Waals surface area (Å²) in [5.74, 6) is -0.511. The molecule has 17 heteroatoms. The molecule has 0 fully saturated rings. The number of sulfonamides is 1. The molecule has 240 valence electrons.